The molecule has 76 valence electrons. The van der Waals surface area contributed by atoms with E-state index in [1.54, 1.807) is 0 Å². The van der Waals surface area contributed by atoms with Crippen molar-refractivity contribution in [3.63, 3.8) is 0 Å². The van der Waals surface area contributed by atoms with Gasteiger partial charge in [0.25, 0.3) is 5.91 Å². The summed E-state index contributed by atoms with van der Waals surface area (Å²) in [5.41, 5.74) is 5.26. The fourth-order valence-corrected chi connectivity index (χ4v) is 1.01. The van der Waals surface area contributed by atoms with Crippen molar-refractivity contribution >= 4 is 24.4 Å². The lowest BCUT2D eigenvalue weighted by Gasteiger charge is -2.08. The Morgan fingerprint density at radius 3 is 2.54 bits per heavy atom. The Balaban J connectivity index is 0.00000144. The number of hydrogen-bond acceptors (Lipinski definition) is 4. The van der Waals surface area contributed by atoms with E-state index in [0.717, 1.165) is 17.7 Å². The first kappa shape index (κ1) is 12.2. The quantitative estimate of drug-likeness (QED) is 0.667. The van der Waals surface area contributed by atoms with Crippen LogP contribution >= 0.6 is 12.4 Å². The zero-order valence-corrected chi connectivity index (χ0v) is 8.01. The van der Waals surface area contributed by atoms with Crippen molar-refractivity contribution in [2.45, 2.75) is 12.8 Å². The van der Waals surface area contributed by atoms with Crippen LogP contribution in [-0.2, 0) is 9.53 Å². The molecule has 0 unspecified atom stereocenters. The van der Waals surface area contributed by atoms with Crippen LogP contribution in [0.4, 0.5) is 4.79 Å². The molecule has 1 heterocycles. The van der Waals surface area contributed by atoms with Gasteiger partial charge in [0.2, 0.25) is 0 Å². The number of unbranched alkanes of at least 4 members (excludes halogenated alkanes) is 1. The number of rotatable bonds is 4. The molecule has 1 rings (SSSR count). The average Bonchev–Trinajstić information content (AvgIpc) is 2.35. The minimum atomic E-state index is -0.531. The maximum Gasteiger partial charge on any atom is 0.417 e. The molecule has 5 nitrogen and oxygen atoms in total. The Hall–Kier alpha value is -0.810. The monoisotopic (exact) mass is 208 g/mol. The molecule has 0 radical (unpaired) electrons. The Labute approximate surface area is 82.6 Å². The maximum absolute atomic E-state index is 10.9. The molecule has 1 saturated heterocycles. The number of cyclic esters (lactones) is 1. The van der Waals surface area contributed by atoms with E-state index in [0.29, 0.717) is 13.1 Å². The Morgan fingerprint density at radius 2 is 2.08 bits per heavy atom. The SMILES string of the molecule is Cl.NCCCCN1C(=O)COC1=O. The number of amides is 2. The summed E-state index contributed by atoms with van der Waals surface area (Å²) in [6, 6.07) is 0. The third-order valence-corrected chi connectivity index (χ3v) is 1.68. The standard InChI is InChI=1S/C7H12N2O3.ClH/c8-3-1-2-4-9-6(10)5-12-7(9)11;/h1-5,8H2;1H. The van der Waals surface area contributed by atoms with Crippen LogP contribution in [0, 0.1) is 0 Å². The molecule has 0 aromatic rings. The number of carbonyl (C=O) groups is 2. The van der Waals surface area contributed by atoms with E-state index in [9.17, 15) is 9.59 Å². The van der Waals surface area contributed by atoms with Gasteiger partial charge in [0, 0.05) is 6.54 Å². The highest BCUT2D eigenvalue weighted by Crippen LogP contribution is 2.06. The van der Waals surface area contributed by atoms with Crippen LogP contribution in [0.15, 0.2) is 0 Å². The average molecular weight is 209 g/mol. The normalized spacial score (nSPS) is 15.6. The maximum atomic E-state index is 10.9. The van der Waals surface area contributed by atoms with Crippen LogP contribution in [0.1, 0.15) is 12.8 Å². The fourth-order valence-electron chi connectivity index (χ4n) is 1.01. The van der Waals surface area contributed by atoms with Gasteiger partial charge in [-0.1, -0.05) is 0 Å². The number of hydrogen-bond donors (Lipinski definition) is 1. The lowest BCUT2D eigenvalue weighted by molar-refractivity contribution is -0.125. The summed E-state index contributed by atoms with van der Waals surface area (Å²) in [5, 5.41) is 0. The summed E-state index contributed by atoms with van der Waals surface area (Å²) >= 11 is 0. The molecule has 0 saturated carbocycles. The molecule has 6 heteroatoms. The molecule has 1 aliphatic rings. The molecule has 13 heavy (non-hydrogen) atoms. The van der Waals surface area contributed by atoms with Gasteiger partial charge in [-0.3, -0.25) is 4.79 Å². The Morgan fingerprint density at radius 1 is 1.38 bits per heavy atom. The van der Waals surface area contributed by atoms with Crippen molar-refractivity contribution in [2.24, 2.45) is 5.73 Å². The molecular formula is C7H13ClN2O3. The van der Waals surface area contributed by atoms with Crippen molar-refractivity contribution in [1.82, 2.24) is 4.90 Å². The lowest BCUT2D eigenvalue weighted by Crippen LogP contribution is -2.30. The summed E-state index contributed by atoms with van der Waals surface area (Å²) < 4.78 is 4.51. The summed E-state index contributed by atoms with van der Waals surface area (Å²) in [6.07, 6.45) is 1.03. The summed E-state index contributed by atoms with van der Waals surface area (Å²) in [7, 11) is 0. The van der Waals surface area contributed by atoms with Gasteiger partial charge >= 0.3 is 6.09 Å². The highest BCUT2D eigenvalue weighted by molar-refractivity contribution is 5.97. The first-order valence-electron chi connectivity index (χ1n) is 3.93. The molecule has 1 fully saturated rings. The van der Waals surface area contributed by atoms with Crippen LogP contribution in [-0.4, -0.2) is 36.6 Å². The smallest absolute Gasteiger partial charge is 0.417 e. The van der Waals surface area contributed by atoms with E-state index < -0.39 is 6.09 Å². The number of carbonyl (C=O) groups excluding carboxylic acids is 2. The van der Waals surface area contributed by atoms with Gasteiger partial charge in [-0.25, -0.2) is 9.69 Å². The fraction of sp³-hybridized carbons (Fsp3) is 0.714. The first-order valence-corrected chi connectivity index (χ1v) is 3.93. The molecule has 0 bridgehead atoms. The third-order valence-electron chi connectivity index (χ3n) is 1.68. The molecule has 2 amide bonds. The number of nitrogens with zero attached hydrogens (tertiary/aromatic N) is 1. The van der Waals surface area contributed by atoms with Crippen LogP contribution in [0.2, 0.25) is 0 Å². The van der Waals surface area contributed by atoms with Crippen molar-refractivity contribution in [3.8, 4) is 0 Å². The number of halogens is 1. The molecule has 0 aliphatic carbocycles. The highest BCUT2D eigenvalue weighted by Gasteiger charge is 2.29. The van der Waals surface area contributed by atoms with Crippen LogP contribution in [0.5, 0.6) is 0 Å². The molecular weight excluding hydrogens is 196 g/mol. The minimum Gasteiger partial charge on any atom is -0.439 e. The molecule has 0 spiro atoms. The second-order valence-corrected chi connectivity index (χ2v) is 2.60. The Bertz CT molecular complexity index is 182. The van der Waals surface area contributed by atoms with Gasteiger partial charge in [-0.15, -0.1) is 12.4 Å². The van der Waals surface area contributed by atoms with Crippen LogP contribution in [0.3, 0.4) is 0 Å². The van der Waals surface area contributed by atoms with Gasteiger partial charge in [-0.05, 0) is 19.4 Å². The second kappa shape index (κ2) is 5.77. The van der Waals surface area contributed by atoms with Crippen molar-refractivity contribution in [1.29, 1.82) is 0 Å². The van der Waals surface area contributed by atoms with Gasteiger partial charge in [0.15, 0.2) is 6.61 Å². The predicted octanol–water partition coefficient (Wildman–Crippen LogP) is 0.126. The van der Waals surface area contributed by atoms with Gasteiger partial charge in [0.05, 0.1) is 0 Å². The zero-order chi connectivity index (χ0) is 8.97. The summed E-state index contributed by atoms with van der Waals surface area (Å²) in [5.74, 6) is -0.253. The molecule has 0 atom stereocenters. The molecule has 2 N–H and O–H groups in total. The van der Waals surface area contributed by atoms with Crippen LogP contribution in [0.25, 0.3) is 0 Å². The molecule has 1 aliphatic heterocycles. The summed E-state index contributed by atoms with van der Waals surface area (Å²) in [4.78, 5) is 22.9. The van der Waals surface area contributed by atoms with E-state index in [1.807, 2.05) is 0 Å². The highest BCUT2D eigenvalue weighted by atomic mass is 35.5. The van der Waals surface area contributed by atoms with E-state index in [1.165, 1.54) is 0 Å². The molecule has 0 aromatic heterocycles. The van der Waals surface area contributed by atoms with E-state index in [2.05, 4.69) is 4.74 Å². The van der Waals surface area contributed by atoms with Gasteiger partial charge in [0.1, 0.15) is 0 Å². The third kappa shape index (κ3) is 3.20. The largest absolute Gasteiger partial charge is 0.439 e. The predicted molar refractivity (Wildman–Crippen MR) is 48.6 cm³/mol. The van der Waals surface area contributed by atoms with Gasteiger partial charge < -0.3 is 10.5 Å². The second-order valence-electron chi connectivity index (χ2n) is 2.60. The summed E-state index contributed by atoms with van der Waals surface area (Å²) in [6.45, 7) is 0.896. The number of nitrogens with two attached hydrogens (primary N) is 1. The Kier molecular flexibility index (Phi) is 5.41. The van der Waals surface area contributed by atoms with Crippen molar-refractivity contribution in [3.05, 3.63) is 0 Å². The van der Waals surface area contributed by atoms with E-state index in [-0.39, 0.29) is 24.9 Å². The van der Waals surface area contributed by atoms with Gasteiger partial charge in [-0.2, -0.15) is 0 Å². The number of imide groups is 1. The topological polar surface area (TPSA) is 72.6 Å². The van der Waals surface area contributed by atoms with E-state index >= 15 is 0 Å². The number of ether oxygens (including phenoxy) is 1. The lowest BCUT2D eigenvalue weighted by atomic mass is 10.3. The minimum absolute atomic E-state index is 0. The first-order chi connectivity index (χ1) is 5.75. The molecule has 0 aromatic carbocycles. The van der Waals surface area contributed by atoms with Crippen molar-refractivity contribution in [2.75, 3.05) is 19.7 Å². The van der Waals surface area contributed by atoms with Crippen molar-refractivity contribution < 1.29 is 14.3 Å². The zero-order valence-electron chi connectivity index (χ0n) is 7.19. The van der Waals surface area contributed by atoms with Crippen LogP contribution < -0.4 is 5.73 Å². The van der Waals surface area contributed by atoms with E-state index in [4.69, 9.17) is 5.73 Å².